The smallest absolute Gasteiger partial charge is 0.341 e. The number of rotatable bonds is 4. The van der Waals surface area contributed by atoms with Gasteiger partial charge in [-0.2, -0.15) is 0 Å². The number of nitrogens with two attached hydrogens (primary N) is 2. The molecule has 7 nitrogen and oxygen atoms in total. The first kappa shape index (κ1) is 18.7. The number of aryl methyl sites for hydroxylation is 1. The summed E-state index contributed by atoms with van der Waals surface area (Å²) in [6, 6.07) is 0.0779. The van der Waals surface area contributed by atoms with Gasteiger partial charge in [-0.15, -0.1) is 0 Å². The van der Waals surface area contributed by atoms with Crippen LogP contribution in [-0.4, -0.2) is 35.3 Å². The Morgan fingerprint density at radius 1 is 1.43 bits per heavy atom. The number of carboxylic acids is 1. The molecule has 1 aliphatic carbocycles. The van der Waals surface area contributed by atoms with E-state index in [-0.39, 0.29) is 33.7 Å². The normalized spacial score (nSPS) is 22.2. The molecule has 1 aromatic heterocycles. The Labute approximate surface area is 161 Å². The summed E-state index contributed by atoms with van der Waals surface area (Å²) in [7, 11) is 0. The molecule has 1 aliphatic heterocycles. The molecule has 1 aromatic carbocycles. The summed E-state index contributed by atoms with van der Waals surface area (Å²) in [6.45, 7) is 5.28. The Kier molecular flexibility index (Phi) is 4.15. The molecule has 1 saturated carbocycles. The third-order valence-electron chi connectivity index (χ3n) is 6.19. The molecule has 1 saturated heterocycles. The van der Waals surface area contributed by atoms with Crippen molar-refractivity contribution in [3.63, 3.8) is 0 Å². The monoisotopic (exact) mass is 388 g/mol. The number of pyridine rings is 1. The van der Waals surface area contributed by atoms with Gasteiger partial charge in [0.25, 0.3) is 0 Å². The molecule has 1 atom stereocenters. The Balaban J connectivity index is 2.03. The minimum Gasteiger partial charge on any atom is -0.477 e. The van der Waals surface area contributed by atoms with Gasteiger partial charge in [0.1, 0.15) is 5.56 Å². The number of aromatic carboxylic acids is 1. The molecule has 2 aromatic rings. The van der Waals surface area contributed by atoms with E-state index in [1.165, 1.54) is 13.1 Å². The predicted octanol–water partition coefficient (Wildman–Crippen LogP) is 2.24. The van der Waals surface area contributed by atoms with E-state index in [1.54, 1.807) is 4.57 Å². The molecule has 0 bridgehead atoms. The van der Waals surface area contributed by atoms with Gasteiger partial charge < -0.3 is 26.0 Å². The number of carboxylic acid groups (broad SMARTS) is 1. The van der Waals surface area contributed by atoms with E-state index >= 15 is 4.39 Å². The van der Waals surface area contributed by atoms with Crippen molar-refractivity contribution in [2.24, 2.45) is 11.1 Å². The second-order valence-electron chi connectivity index (χ2n) is 8.43. The van der Waals surface area contributed by atoms with E-state index in [9.17, 15) is 14.7 Å². The molecule has 0 radical (unpaired) electrons. The number of nitrogen functional groups attached to an aromatic ring is 1. The van der Waals surface area contributed by atoms with Crippen molar-refractivity contribution in [1.82, 2.24) is 4.57 Å². The van der Waals surface area contributed by atoms with Gasteiger partial charge in [-0.1, -0.05) is 6.92 Å². The number of benzene rings is 1. The Morgan fingerprint density at radius 2 is 2.11 bits per heavy atom. The molecule has 2 fully saturated rings. The quantitative estimate of drug-likeness (QED) is 0.692. The van der Waals surface area contributed by atoms with Gasteiger partial charge in [-0.25, -0.2) is 9.18 Å². The summed E-state index contributed by atoms with van der Waals surface area (Å²) in [4.78, 5) is 26.3. The van der Waals surface area contributed by atoms with Crippen LogP contribution in [0.4, 0.5) is 15.8 Å². The number of aromatic nitrogens is 1. The van der Waals surface area contributed by atoms with Crippen molar-refractivity contribution in [2.75, 3.05) is 30.3 Å². The number of fused-ring (bicyclic) bond motifs is 1. The van der Waals surface area contributed by atoms with Gasteiger partial charge in [0, 0.05) is 30.9 Å². The average Bonchev–Trinajstić information content (AvgIpc) is 3.42. The van der Waals surface area contributed by atoms with Crippen LogP contribution in [0.5, 0.6) is 0 Å². The van der Waals surface area contributed by atoms with Crippen LogP contribution in [0.2, 0.25) is 0 Å². The zero-order chi connectivity index (χ0) is 20.4. The van der Waals surface area contributed by atoms with Gasteiger partial charge in [-0.3, -0.25) is 4.79 Å². The van der Waals surface area contributed by atoms with Crippen LogP contribution in [0.1, 0.15) is 48.1 Å². The SMILES string of the molecule is Cc1c(F)c(N2CCC(C)(CN)C2)c(N)c2c1c(=O)c(C(=O)O)cn2C1CC1. The van der Waals surface area contributed by atoms with Crippen molar-refractivity contribution >= 4 is 28.2 Å². The Hall–Kier alpha value is -2.61. The van der Waals surface area contributed by atoms with Crippen LogP contribution >= 0.6 is 0 Å². The first-order valence-corrected chi connectivity index (χ1v) is 9.53. The largest absolute Gasteiger partial charge is 0.477 e. The van der Waals surface area contributed by atoms with E-state index in [2.05, 4.69) is 6.92 Å². The topological polar surface area (TPSA) is 115 Å². The number of nitrogens with zero attached hydrogens (tertiary/aromatic N) is 2. The molecule has 2 heterocycles. The molecule has 4 rings (SSSR count). The molecular weight excluding hydrogens is 363 g/mol. The Bertz CT molecular complexity index is 1060. The minimum absolute atomic E-state index is 0.0614. The van der Waals surface area contributed by atoms with Crippen molar-refractivity contribution in [2.45, 2.75) is 39.2 Å². The van der Waals surface area contributed by atoms with Gasteiger partial charge in [0.2, 0.25) is 5.43 Å². The summed E-state index contributed by atoms with van der Waals surface area (Å²) >= 11 is 0. The molecule has 0 spiro atoms. The van der Waals surface area contributed by atoms with E-state index in [4.69, 9.17) is 11.5 Å². The number of hydrogen-bond acceptors (Lipinski definition) is 5. The highest BCUT2D eigenvalue weighted by atomic mass is 19.1. The lowest BCUT2D eigenvalue weighted by molar-refractivity contribution is 0.0695. The number of carbonyl (C=O) groups is 1. The molecule has 8 heteroatoms. The number of hydrogen-bond donors (Lipinski definition) is 3. The lowest BCUT2D eigenvalue weighted by Gasteiger charge is -2.27. The van der Waals surface area contributed by atoms with Gasteiger partial charge in [-0.05, 0) is 38.1 Å². The highest BCUT2D eigenvalue weighted by Gasteiger charge is 2.37. The molecule has 5 N–H and O–H groups in total. The zero-order valence-electron chi connectivity index (χ0n) is 16.1. The third kappa shape index (κ3) is 2.66. The average molecular weight is 388 g/mol. The zero-order valence-corrected chi connectivity index (χ0v) is 16.1. The van der Waals surface area contributed by atoms with E-state index in [0.717, 1.165) is 19.3 Å². The third-order valence-corrected chi connectivity index (χ3v) is 6.19. The van der Waals surface area contributed by atoms with E-state index < -0.39 is 17.2 Å². The van der Waals surface area contributed by atoms with Crippen molar-refractivity contribution < 1.29 is 14.3 Å². The molecule has 150 valence electrons. The Morgan fingerprint density at radius 3 is 2.64 bits per heavy atom. The number of anilines is 2. The molecule has 2 aliphatic rings. The van der Waals surface area contributed by atoms with Crippen LogP contribution in [-0.2, 0) is 0 Å². The summed E-state index contributed by atoms with van der Waals surface area (Å²) in [5.41, 5.74) is 12.2. The predicted molar refractivity (Wildman–Crippen MR) is 107 cm³/mol. The fourth-order valence-electron chi connectivity index (χ4n) is 4.26. The lowest BCUT2D eigenvalue weighted by atomic mass is 9.90. The van der Waals surface area contributed by atoms with Crippen LogP contribution in [0.25, 0.3) is 10.9 Å². The second kappa shape index (κ2) is 6.20. The first-order valence-electron chi connectivity index (χ1n) is 9.53. The van der Waals surface area contributed by atoms with Gasteiger partial charge >= 0.3 is 5.97 Å². The maximum Gasteiger partial charge on any atom is 0.341 e. The van der Waals surface area contributed by atoms with E-state index in [1.807, 2.05) is 4.90 Å². The lowest BCUT2D eigenvalue weighted by Crippen LogP contribution is -2.32. The van der Waals surface area contributed by atoms with E-state index in [0.29, 0.717) is 30.8 Å². The van der Waals surface area contributed by atoms with Crippen LogP contribution in [0.15, 0.2) is 11.0 Å². The summed E-state index contributed by atoms with van der Waals surface area (Å²) in [5.74, 6) is -1.88. The van der Waals surface area contributed by atoms with Crippen LogP contribution in [0, 0.1) is 18.2 Å². The van der Waals surface area contributed by atoms with Crippen molar-refractivity contribution in [1.29, 1.82) is 0 Å². The van der Waals surface area contributed by atoms with Crippen LogP contribution < -0.4 is 21.8 Å². The fraction of sp³-hybridized carbons (Fsp3) is 0.500. The molecule has 0 amide bonds. The van der Waals surface area contributed by atoms with Gasteiger partial charge in [0.15, 0.2) is 5.82 Å². The highest BCUT2D eigenvalue weighted by molar-refractivity contribution is 6.02. The number of halogens is 1. The summed E-state index contributed by atoms with van der Waals surface area (Å²) in [5, 5.41) is 9.50. The standard InChI is InChI=1S/C20H25FN4O3/c1-10-13-16(25(11-3-4-11)7-12(18(13)26)19(27)28)15(23)17(14(10)21)24-6-5-20(2,8-22)9-24/h7,11H,3-6,8-9,22-23H2,1-2H3,(H,27,28). The second-order valence-corrected chi connectivity index (χ2v) is 8.43. The minimum atomic E-state index is -1.32. The van der Waals surface area contributed by atoms with Crippen molar-refractivity contribution in [3.05, 3.63) is 33.4 Å². The molecule has 28 heavy (non-hydrogen) atoms. The summed E-state index contributed by atoms with van der Waals surface area (Å²) in [6.07, 6.45) is 3.93. The van der Waals surface area contributed by atoms with Gasteiger partial charge in [0.05, 0.1) is 22.3 Å². The maximum atomic E-state index is 15.4. The molecule has 1 unspecified atom stereocenters. The first-order chi connectivity index (χ1) is 13.2. The maximum absolute atomic E-state index is 15.4. The fourth-order valence-corrected chi connectivity index (χ4v) is 4.26. The van der Waals surface area contributed by atoms with Crippen LogP contribution in [0.3, 0.4) is 0 Å². The molecular formula is C20H25FN4O3. The highest BCUT2D eigenvalue weighted by Crippen LogP contribution is 2.44. The summed E-state index contributed by atoms with van der Waals surface area (Å²) < 4.78 is 17.2. The van der Waals surface area contributed by atoms with Crippen molar-refractivity contribution in [3.8, 4) is 0 Å².